The molecule has 0 aliphatic carbocycles. The van der Waals surface area contributed by atoms with Gasteiger partial charge in [0.15, 0.2) is 0 Å². The van der Waals surface area contributed by atoms with Crippen LogP contribution in [0.5, 0.6) is 0 Å². The minimum absolute atomic E-state index is 0.559. The first-order valence-electron chi connectivity index (χ1n) is 18.1. The Labute approximate surface area is 290 Å². The highest BCUT2D eigenvalue weighted by atomic mass is 15.1. The predicted molar refractivity (Wildman–Crippen MR) is 206 cm³/mol. The fourth-order valence-corrected chi connectivity index (χ4v) is 8.21. The normalized spacial score (nSPS) is 18.3. The molecule has 246 valence electrons. The smallest absolute Gasteiger partial charge is 0.0500 e. The van der Waals surface area contributed by atoms with Gasteiger partial charge < -0.3 is 15.3 Å². The molecule has 2 fully saturated rings. The number of para-hydroxylation sites is 2. The van der Waals surface area contributed by atoms with Crippen LogP contribution in [-0.2, 0) is 6.54 Å². The number of hydrogen-bond donors (Lipinski definition) is 3. The summed E-state index contributed by atoms with van der Waals surface area (Å²) < 4.78 is 0. The van der Waals surface area contributed by atoms with Crippen molar-refractivity contribution in [3.8, 4) is 22.5 Å². The van der Waals surface area contributed by atoms with Gasteiger partial charge in [-0.25, -0.2) is 0 Å². The highest BCUT2D eigenvalue weighted by molar-refractivity contribution is 5.92. The predicted octanol–water partition coefficient (Wildman–Crippen LogP) is 10.5. The third-order valence-electron chi connectivity index (χ3n) is 10.5. The zero-order valence-electron chi connectivity index (χ0n) is 28.2. The molecule has 4 nitrogen and oxygen atoms in total. The Balaban J connectivity index is 0.000000148. The molecule has 2 aliphatic heterocycles. The van der Waals surface area contributed by atoms with Crippen molar-refractivity contribution in [2.45, 2.75) is 44.1 Å². The maximum absolute atomic E-state index is 3.72. The number of piperidine rings is 2. The molecule has 4 heteroatoms. The molecule has 2 saturated heterocycles. The molecule has 2 unspecified atom stereocenters. The molecular formula is C45H46N4. The molecule has 0 spiro atoms. The van der Waals surface area contributed by atoms with Gasteiger partial charge in [-0.05, 0) is 90.6 Å². The van der Waals surface area contributed by atoms with Gasteiger partial charge in [0.1, 0.15) is 0 Å². The summed E-state index contributed by atoms with van der Waals surface area (Å²) in [5.41, 5.74) is 12.1. The van der Waals surface area contributed by atoms with E-state index in [-0.39, 0.29) is 0 Å². The van der Waals surface area contributed by atoms with Crippen LogP contribution in [0, 0.1) is 0 Å². The number of fused-ring (bicyclic) bond motifs is 2. The number of nitrogens with one attached hydrogen (secondary N) is 3. The van der Waals surface area contributed by atoms with Gasteiger partial charge in [0.05, 0.1) is 11.4 Å². The first-order valence-corrected chi connectivity index (χ1v) is 18.1. The van der Waals surface area contributed by atoms with E-state index in [1.165, 1.54) is 93.2 Å². The monoisotopic (exact) mass is 642 g/mol. The summed E-state index contributed by atoms with van der Waals surface area (Å²) in [7, 11) is 0. The van der Waals surface area contributed by atoms with Crippen molar-refractivity contribution in [2.75, 3.05) is 26.2 Å². The number of aromatic nitrogens is 2. The molecule has 2 aliphatic rings. The molecule has 7 aromatic rings. The summed E-state index contributed by atoms with van der Waals surface area (Å²) in [6, 6.07) is 49.8. The van der Waals surface area contributed by atoms with Crippen LogP contribution in [0.15, 0.2) is 140 Å². The lowest BCUT2D eigenvalue weighted by molar-refractivity contribution is 0.201. The van der Waals surface area contributed by atoms with E-state index in [1.807, 2.05) is 0 Å². The molecule has 5 aromatic carbocycles. The van der Waals surface area contributed by atoms with E-state index >= 15 is 0 Å². The van der Waals surface area contributed by atoms with Crippen molar-refractivity contribution in [3.63, 3.8) is 0 Å². The minimum Gasteiger partial charge on any atom is -0.354 e. The van der Waals surface area contributed by atoms with E-state index in [0.717, 1.165) is 26.2 Å². The van der Waals surface area contributed by atoms with Crippen molar-refractivity contribution in [1.29, 1.82) is 0 Å². The first-order chi connectivity index (χ1) is 24.3. The largest absolute Gasteiger partial charge is 0.354 e. The summed E-state index contributed by atoms with van der Waals surface area (Å²) >= 11 is 0. The lowest BCUT2D eigenvalue weighted by Crippen LogP contribution is -2.34. The SMILES string of the molecule is c1ccc(-c2[nH]c3ccccc3c2C2CCCNC2)cc1.c1ccc(CN2CCCC(c3c(-c4ccccc4)[nH]c4ccccc34)C2)cc1. The van der Waals surface area contributed by atoms with E-state index in [9.17, 15) is 0 Å². The zero-order valence-corrected chi connectivity index (χ0v) is 28.2. The number of H-pyrrole nitrogens is 2. The fourth-order valence-electron chi connectivity index (χ4n) is 8.21. The second-order valence-electron chi connectivity index (χ2n) is 13.8. The third kappa shape index (κ3) is 6.85. The van der Waals surface area contributed by atoms with Gasteiger partial charge in [0.2, 0.25) is 0 Å². The van der Waals surface area contributed by atoms with Gasteiger partial charge in [-0.15, -0.1) is 0 Å². The molecule has 4 heterocycles. The lowest BCUT2D eigenvalue weighted by atomic mass is 9.87. The fraction of sp³-hybridized carbons (Fsp3) is 0.244. The second-order valence-corrected chi connectivity index (χ2v) is 13.8. The number of rotatable bonds is 6. The molecule has 3 N–H and O–H groups in total. The topological polar surface area (TPSA) is 46.9 Å². The van der Waals surface area contributed by atoms with E-state index in [2.05, 4.69) is 160 Å². The number of aromatic amines is 2. The first kappa shape index (κ1) is 31.4. The summed E-state index contributed by atoms with van der Waals surface area (Å²) in [4.78, 5) is 10.00. The van der Waals surface area contributed by atoms with E-state index < -0.39 is 0 Å². The highest BCUT2D eigenvalue weighted by Gasteiger charge is 2.27. The number of benzene rings is 5. The molecule has 2 atom stereocenters. The molecule has 0 radical (unpaired) electrons. The number of likely N-dealkylation sites (tertiary alicyclic amines) is 1. The van der Waals surface area contributed by atoms with Gasteiger partial charge in [-0.1, -0.05) is 127 Å². The Morgan fingerprint density at radius 1 is 0.531 bits per heavy atom. The maximum Gasteiger partial charge on any atom is 0.0500 e. The average Bonchev–Trinajstić information content (AvgIpc) is 3.76. The van der Waals surface area contributed by atoms with Crippen molar-refractivity contribution in [2.24, 2.45) is 0 Å². The van der Waals surface area contributed by atoms with E-state index in [4.69, 9.17) is 0 Å². The maximum atomic E-state index is 3.72. The third-order valence-corrected chi connectivity index (χ3v) is 10.5. The van der Waals surface area contributed by atoms with Crippen molar-refractivity contribution >= 4 is 21.8 Å². The number of nitrogens with zero attached hydrogens (tertiary/aromatic N) is 1. The molecule has 2 aromatic heterocycles. The summed E-state index contributed by atoms with van der Waals surface area (Å²) in [6.07, 6.45) is 5.05. The number of hydrogen-bond acceptors (Lipinski definition) is 2. The van der Waals surface area contributed by atoms with Gasteiger partial charge in [-0.2, -0.15) is 0 Å². The summed E-state index contributed by atoms with van der Waals surface area (Å²) in [6.45, 7) is 5.59. The molecule has 49 heavy (non-hydrogen) atoms. The van der Waals surface area contributed by atoms with Crippen LogP contribution in [0.1, 0.15) is 54.2 Å². The second kappa shape index (κ2) is 14.7. The Morgan fingerprint density at radius 2 is 1.04 bits per heavy atom. The van der Waals surface area contributed by atoms with Crippen LogP contribution in [-0.4, -0.2) is 41.0 Å². The van der Waals surface area contributed by atoms with Crippen LogP contribution in [0.3, 0.4) is 0 Å². The van der Waals surface area contributed by atoms with Crippen LogP contribution in [0.4, 0.5) is 0 Å². The van der Waals surface area contributed by atoms with E-state index in [1.54, 1.807) is 0 Å². The van der Waals surface area contributed by atoms with E-state index in [0.29, 0.717) is 11.8 Å². The van der Waals surface area contributed by atoms with Crippen molar-refractivity contribution in [1.82, 2.24) is 20.2 Å². The van der Waals surface area contributed by atoms with Crippen molar-refractivity contribution < 1.29 is 0 Å². The Kier molecular flexibility index (Phi) is 9.41. The van der Waals surface area contributed by atoms with Gasteiger partial charge in [0, 0.05) is 41.4 Å². The molecule has 9 rings (SSSR count). The van der Waals surface area contributed by atoms with Crippen LogP contribution >= 0.6 is 0 Å². The van der Waals surface area contributed by atoms with Crippen LogP contribution < -0.4 is 5.32 Å². The minimum atomic E-state index is 0.559. The van der Waals surface area contributed by atoms with Crippen molar-refractivity contribution in [3.05, 3.63) is 156 Å². The highest BCUT2D eigenvalue weighted by Crippen LogP contribution is 2.40. The van der Waals surface area contributed by atoms with Crippen LogP contribution in [0.2, 0.25) is 0 Å². The molecule has 0 bridgehead atoms. The molecule has 0 amide bonds. The van der Waals surface area contributed by atoms with Gasteiger partial charge >= 0.3 is 0 Å². The summed E-state index contributed by atoms with van der Waals surface area (Å²) in [5, 5.41) is 6.31. The Hall–Kier alpha value is -4.90. The zero-order chi connectivity index (χ0) is 32.8. The Morgan fingerprint density at radius 3 is 1.61 bits per heavy atom. The van der Waals surface area contributed by atoms with Gasteiger partial charge in [-0.3, -0.25) is 4.90 Å². The summed E-state index contributed by atoms with van der Waals surface area (Å²) in [5.74, 6) is 1.16. The molecular weight excluding hydrogens is 597 g/mol. The lowest BCUT2D eigenvalue weighted by Gasteiger charge is -2.33. The quantitative estimate of drug-likeness (QED) is 0.169. The molecule has 0 saturated carbocycles. The Bertz CT molecular complexity index is 2090. The van der Waals surface area contributed by atoms with Gasteiger partial charge in [0.25, 0.3) is 0 Å². The van der Waals surface area contributed by atoms with Crippen LogP contribution in [0.25, 0.3) is 44.3 Å². The standard InChI is InChI=1S/C26H26N2.C19H20N2/c1-3-10-20(11-4-1)18-28-17-9-14-22(19-28)25-23-15-7-8-16-24(23)27-26(25)21-12-5-2-6-13-21;1-2-7-14(8-3-1)19-18(15-9-6-12-20-13-15)16-10-4-5-11-17(16)21-19/h1-8,10-13,15-16,22,27H,9,14,17-19H2;1-5,7-8,10-11,15,20-21H,6,9,12-13H2. The average molecular weight is 643 g/mol.